The van der Waals surface area contributed by atoms with E-state index in [4.69, 9.17) is 9.84 Å². The maximum atomic E-state index is 12.6. The molecule has 33 heavy (non-hydrogen) atoms. The number of ether oxygens (including phenoxy) is 1. The molecule has 0 heterocycles. The Kier molecular flexibility index (Phi) is 9.32. The molecule has 172 valence electrons. The van der Waals surface area contributed by atoms with Gasteiger partial charge in [0.1, 0.15) is 17.2 Å². The van der Waals surface area contributed by atoms with E-state index in [-0.39, 0.29) is 30.4 Å². The topological polar surface area (TPSA) is 108 Å². The Labute approximate surface area is 218 Å². The van der Waals surface area contributed by atoms with Gasteiger partial charge in [-0.1, -0.05) is 24.3 Å². The molecule has 0 spiro atoms. The number of benzene rings is 3. The number of carbonyl (C=O) groups is 2. The molecule has 3 aromatic carbocycles. The van der Waals surface area contributed by atoms with E-state index < -0.39 is 5.91 Å². The maximum Gasteiger partial charge on any atom is 0.259 e. The molecular formula is C24H22I2N2O5. The Morgan fingerprint density at radius 3 is 2.45 bits per heavy atom. The second kappa shape index (κ2) is 12.2. The lowest BCUT2D eigenvalue weighted by molar-refractivity contribution is -0.121. The van der Waals surface area contributed by atoms with Crippen molar-refractivity contribution < 1.29 is 24.5 Å². The van der Waals surface area contributed by atoms with Crippen LogP contribution in [0, 0.1) is 7.14 Å². The minimum atomic E-state index is -0.441. The molecule has 7 nitrogen and oxygen atoms in total. The SMILES string of the molecule is O=C(CCc1ccc(Oc2ccc(O)c(C(=O)Nc3ccccc3)c2)c(I)c1I)NCCO. The number of aliphatic hydroxyl groups is 1. The highest BCUT2D eigenvalue weighted by atomic mass is 127. The number of amides is 2. The van der Waals surface area contributed by atoms with Crippen molar-refractivity contribution in [1.82, 2.24) is 5.32 Å². The van der Waals surface area contributed by atoms with Crippen molar-refractivity contribution in [2.45, 2.75) is 12.8 Å². The number of aryl methyl sites for hydroxylation is 1. The smallest absolute Gasteiger partial charge is 0.259 e. The summed E-state index contributed by atoms with van der Waals surface area (Å²) in [6.07, 6.45) is 0.888. The molecule has 0 unspecified atom stereocenters. The summed E-state index contributed by atoms with van der Waals surface area (Å²) >= 11 is 4.41. The third-order valence-electron chi connectivity index (χ3n) is 4.65. The number of aromatic hydroxyl groups is 1. The normalized spacial score (nSPS) is 10.5. The zero-order chi connectivity index (χ0) is 23.8. The minimum Gasteiger partial charge on any atom is -0.507 e. The van der Waals surface area contributed by atoms with Gasteiger partial charge in [0.15, 0.2) is 0 Å². The average Bonchev–Trinajstić information content (AvgIpc) is 2.82. The molecule has 0 aromatic heterocycles. The molecule has 0 aliphatic rings. The lowest BCUT2D eigenvalue weighted by Crippen LogP contribution is -2.26. The van der Waals surface area contributed by atoms with Crippen molar-refractivity contribution in [3.05, 3.63) is 78.9 Å². The van der Waals surface area contributed by atoms with Crippen molar-refractivity contribution in [3.8, 4) is 17.2 Å². The summed E-state index contributed by atoms with van der Waals surface area (Å²) in [5, 5.41) is 24.4. The van der Waals surface area contributed by atoms with Crippen molar-refractivity contribution in [2.75, 3.05) is 18.5 Å². The first-order valence-corrected chi connectivity index (χ1v) is 12.3. The van der Waals surface area contributed by atoms with Crippen LogP contribution in [0.15, 0.2) is 60.7 Å². The molecule has 9 heteroatoms. The molecular weight excluding hydrogens is 650 g/mol. The number of carbonyl (C=O) groups excluding carboxylic acids is 2. The van der Waals surface area contributed by atoms with Gasteiger partial charge in [-0.2, -0.15) is 0 Å². The first-order valence-electron chi connectivity index (χ1n) is 10.1. The quantitative estimate of drug-likeness (QED) is 0.247. The second-order valence-corrected chi connectivity index (χ2v) is 9.18. The van der Waals surface area contributed by atoms with E-state index in [0.717, 1.165) is 12.7 Å². The van der Waals surface area contributed by atoms with E-state index in [2.05, 4.69) is 55.8 Å². The van der Waals surface area contributed by atoms with Gasteiger partial charge < -0.3 is 25.6 Å². The fraction of sp³-hybridized carbons (Fsp3) is 0.167. The van der Waals surface area contributed by atoms with Crippen LogP contribution in [0.4, 0.5) is 5.69 Å². The van der Waals surface area contributed by atoms with Crippen LogP contribution in [0.25, 0.3) is 0 Å². The van der Waals surface area contributed by atoms with Gasteiger partial charge in [-0.3, -0.25) is 9.59 Å². The van der Waals surface area contributed by atoms with E-state index in [1.165, 1.54) is 12.1 Å². The number of hydrogen-bond acceptors (Lipinski definition) is 5. The van der Waals surface area contributed by atoms with Gasteiger partial charge >= 0.3 is 0 Å². The Balaban J connectivity index is 1.72. The number of anilines is 1. The van der Waals surface area contributed by atoms with Crippen molar-refractivity contribution >= 4 is 62.7 Å². The first-order chi connectivity index (χ1) is 15.9. The molecule has 4 N–H and O–H groups in total. The number of halogens is 2. The van der Waals surface area contributed by atoms with Gasteiger partial charge in [-0.15, -0.1) is 0 Å². The highest BCUT2D eigenvalue weighted by Gasteiger charge is 2.16. The highest BCUT2D eigenvalue weighted by Crippen LogP contribution is 2.34. The third kappa shape index (κ3) is 7.05. The summed E-state index contributed by atoms with van der Waals surface area (Å²) < 4.78 is 7.86. The Hall–Kier alpha value is -2.38. The molecule has 3 aromatic rings. The Morgan fingerprint density at radius 2 is 1.73 bits per heavy atom. The zero-order valence-corrected chi connectivity index (χ0v) is 21.8. The molecule has 0 atom stereocenters. The lowest BCUT2D eigenvalue weighted by Gasteiger charge is -2.14. The van der Waals surface area contributed by atoms with Gasteiger partial charge in [-0.05, 0) is 93.6 Å². The summed E-state index contributed by atoms with van der Waals surface area (Å²) in [5.74, 6) is 0.322. The van der Waals surface area contributed by atoms with Gasteiger partial charge in [-0.25, -0.2) is 0 Å². The van der Waals surface area contributed by atoms with Crippen LogP contribution in [0.3, 0.4) is 0 Å². The van der Waals surface area contributed by atoms with Crippen LogP contribution in [-0.4, -0.2) is 35.2 Å². The number of para-hydroxylation sites is 1. The fourth-order valence-electron chi connectivity index (χ4n) is 2.98. The van der Waals surface area contributed by atoms with Gasteiger partial charge in [0.2, 0.25) is 5.91 Å². The number of rotatable bonds is 9. The van der Waals surface area contributed by atoms with Crippen molar-refractivity contribution in [3.63, 3.8) is 0 Å². The lowest BCUT2D eigenvalue weighted by atomic mass is 10.1. The van der Waals surface area contributed by atoms with Crippen LogP contribution >= 0.6 is 45.2 Å². The first kappa shape index (κ1) is 25.2. The standard InChI is InChI=1S/C24H22I2N2O5/c25-22-15(7-11-21(31)27-12-13-29)6-10-20(23(22)26)33-17-8-9-19(30)18(14-17)24(32)28-16-4-2-1-3-5-16/h1-6,8-10,14,29-30H,7,11-13H2,(H,27,31)(H,28,32). The Bertz CT molecular complexity index is 1140. The fourth-order valence-corrected chi connectivity index (χ4v) is 4.33. The zero-order valence-electron chi connectivity index (χ0n) is 17.5. The monoisotopic (exact) mass is 672 g/mol. The van der Waals surface area contributed by atoms with E-state index >= 15 is 0 Å². The number of phenols is 1. The van der Waals surface area contributed by atoms with Crippen LogP contribution in [0.1, 0.15) is 22.3 Å². The molecule has 2 amide bonds. The summed E-state index contributed by atoms with van der Waals surface area (Å²) in [5.41, 5.74) is 1.74. The minimum absolute atomic E-state index is 0.0832. The molecule has 0 saturated carbocycles. The van der Waals surface area contributed by atoms with E-state index in [1.807, 2.05) is 30.3 Å². The van der Waals surface area contributed by atoms with Crippen molar-refractivity contribution in [1.29, 1.82) is 0 Å². The molecule has 0 aliphatic carbocycles. The maximum absolute atomic E-state index is 12.6. The summed E-state index contributed by atoms with van der Waals surface area (Å²) in [4.78, 5) is 24.4. The molecule has 0 bridgehead atoms. The number of nitrogens with one attached hydrogen (secondary N) is 2. The second-order valence-electron chi connectivity index (χ2n) is 7.03. The van der Waals surface area contributed by atoms with E-state index in [1.54, 1.807) is 18.2 Å². The van der Waals surface area contributed by atoms with Crippen LogP contribution in [-0.2, 0) is 11.2 Å². The largest absolute Gasteiger partial charge is 0.507 e. The Morgan fingerprint density at radius 1 is 0.970 bits per heavy atom. The number of hydrogen-bond donors (Lipinski definition) is 4. The van der Waals surface area contributed by atoms with Gasteiger partial charge in [0.25, 0.3) is 5.91 Å². The van der Waals surface area contributed by atoms with Crippen LogP contribution in [0.5, 0.6) is 17.2 Å². The molecule has 0 saturated heterocycles. The summed E-state index contributed by atoms with van der Waals surface area (Å²) in [6, 6.07) is 17.2. The van der Waals surface area contributed by atoms with Crippen LogP contribution in [0.2, 0.25) is 0 Å². The molecule has 0 fully saturated rings. The average molecular weight is 672 g/mol. The summed E-state index contributed by atoms with van der Waals surface area (Å²) in [7, 11) is 0. The number of phenolic OH excluding ortho intramolecular Hbond substituents is 1. The molecule has 0 aliphatic heterocycles. The van der Waals surface area contributed by atoms with Gasteiger partial charge in [0.05, 0.1) is 15.7 Å². The number of aliphatic hydroxyl groups excluding tert-OH is 1. The van der Waals surface area contributed by atoms with E-state index in [0.29, 0.717) is 30.0 Å². The predicted octanol–water partition coefficient (Wildman–Crippen LogP) is 4.69. The third-order valence-corrected chi connectivity index (χ3v) is 7.99. The predicted molar refractivity (Wildman–Crippen MR) is 143 cm³/mol. The van der Waals surface area contributed by atoms with Crippen LogP contribution < -0.4 is 15.4 Å². The molecule has 3 rings (SSSR count). The van der Waals surface area contributed by atoms with E-state index in [9.17, 15) is 14.7 Å². The van der Waals surface area contributed by atoms with Crippen molar-refractivity contribution in [2.24, 2.45) is 0 Å². The van der Waals surface area contributed by atoms with Gasteiger partial charge in [0, 0.05) is 22.2 Å². The molecule has 0 radical (unpaired) electrons. The highest BCUT2D eigenvalue weighted by molar-refractivity contribution is 14.1. The summed E-state index contributed by atoms with van der Waals surface area (Å²) in [6.45, 7) is 0.165.